The SMILES string of the molecule is CCOC(=O)CC[C@@H](N)/C=C/C[C@H](O)C1(CC)CCC1.Cl. The quantitative estimate of drug-likeness (QED) is 0.506. The maximum Gasteiger partial charge on any atom is 0.305 e. The van der Waals surface area contributed by atoms with Crippen LogP contribution in [0.1, 0.15) is 58.8 Å². The Morgan fingerprint density at radius 3 is 2.57 bits per heavy atom. The molecule has 2 atom stereocenters. The van der Waals surface area contributed by atoms with Gasteiger partial charge in [-0.2, -0.15) is 0 Å². The van der Waals surface area contributed by atoms with Gasteiger partial charge in [0.15, 0.2) is 0 Å². The fourth-order valence-corrected chi connectivity index (χ4v) is 2.80. The molecule has 1 fully saturated rings. The summed E-state index contributed by atoms with van der Waals surface area (Å²) in [6.45, 7) is 4.36. The first-order valence-corrected chi connectivity index (χ1v) is 7.80. The predicted octanol–water partition coefficient (Wildman–Crippen LogP) is 2.97. The van der Waals surface area contributed by atoms with Crippen molar-refractivity contribution < 1.29 is 14.6 Å². The fraction of sp³-hybridized carbons (Fsp3) is 0.812. The third kappa shape index (κ3) is 6.37. The lowest BCUT2D eigenvalue weighted by molar-refractivity contribution is -0.143. The van der Waals surface area contributed by atoms with Crippen LogP contribution in [0, 0.1) is 5.41 Å². The predicted molar refractivity (Wildman–Crippen MR) is 87.4 cm³/mol. The molecule has 0 spiro atoms. The molecule has 4 nitrogen and oxygen atoms in total. The van der Waals surface area contributed by atoms with Crippen LogP contribution in [-0.4, -0.2) is 29.8 Å². The Bertz CT molecular complexity index is 324. The second kappa shape index (κ2) is 10.2. The molecule has 1 saturated carbocycles. The number of carbonyl (C=O) groups excluding carboxylic acids is 1. The van der Waals surface area contributed by atoms with Crippen molar-refractivity contribution in [3.05, 3.63) is 12.2 Å². The van der Waals surface area contributed by atoms with Crippen LogP contribution in [0.4, 0.5) is 0 Å². The molecule has 0 aromatic carbocycles. The van der Waals surface area contributed by atoms with E-state index in [0.29, 0.717) is 25.9 Å². The van der Waals surface area contributed by atoms with E-state index in [1.54, 1.807) is 6.92 Å². The number of esters is 1. The molecule has 0 heterocycles. The van der Waals surface area contributed by atoms with Crippen LogP contribution in [0.2, 0.25) is 0 Å². The second-order valence-corrected chi connectivity index (χ2v) is 5.76. The van der Waals surface area contributed by atoms with Crippen molar-refractivity contribution in [2.45, 2.75) is 70.9 Å². The van der Waals surface area contributed by atoms with Gasteiger partial charge in [0, 0.05) is 12.5 Å². The molecule has 124 valence electrons. The van der Waals surface area contributed by atoms with Crippen molar-refractivity contribution in [2.75, 3.05) is 6.61 Å². The minimum Gasteiger partial charge on any atom is -0.466 e. The Balaban J connectivity index is 0.00000400. The Morgan fingerprint density at radius 2 is 2.10 bits per heavy atom. The third-order valence-corrected chi connectivity index (χ3v) is 4.49. The van der Waals surface area contributed by atoms with Gasteiger partial charge in [-0.15, -0.1) is 12.4 Å². The number of nitrogens with two attached hydrogens (primary N) is 1. The highest BCUT2D eigenvalue weighted by Crippen LogP contribution is 2.47. The normalized spacial score (nSPS) is 19.4. The van der Waals surface area contributed by atoms with E-state index in [-0.39, 0.29) is 35.9 Å². The van der Waals surface area contributed by atoms with Crippen LogP contribution < -0.4 is 5.73 Å². The van der Waals surface area contributed by atoms with Crippen molar-refractivity contribution in [2.24, 2.45) is 11.1 Å². The summed E-state index contributed by atoms with van der Waals surface area (Å²) in [4.78, 5) is 11.2. The number of aliphatic hydroxyl groups excluding tert-OH is 1. The van der Waals surface area contributed by atoms with Crippen LogP contribution in [0.3, 0.4) is 0 Å². The molecule has 0 radical (unpaired) electrons. The van der Waals surface area contributed by atoms with Crippen molar-refractivity contribution >= 4 is 18.4 Å². The van der Waals surface area contributed by atoms with E-state index in [0.717, 1.165) is 19.3 Å². The van der Waals surface area contributed by atoms with Crippen molar-refractivity contribution in [3.8, 4) is 0 Å². The molecule has 0 saturated heterocycles. The molecule has 0 aromatic heterocycles. The molecule has 0 unspecified atom stereocenters. The lowest BCUT2D eigenvalue weighted by Crippen LogP contribution is -2.40. The second-order valence-electron chi connectivity index (χ2n) is 5.76. The summed E-state index contributed by atoms with van der Waals surface area (Å²) in [6.07, 6.45) is 9.70. The molecule has 0 amide bonds. The fourth-order valence-electron chi connectivity index (χ4n) is 2.80. The Morgan fingerprint density at radius 1 is 1.43 bits per heavy atom. The monoisotopic (exact) mass is 319 g/mol. The van der Waals surface area contributed by atoms with E-state index >= 15 is 0 Å². The minimum atomic E-state index is -0.269. The van der Waals surface area contributed by atoms with Gasteiger partial charge in [-0.1, -0.05) is 25.5 Å². The Kier molecular flexibility index (Phi) is 9.92. The van der Waals surface area contributed by atoms with Crippen LogP contribution in [0.5, 0.6) is 0 Å². The summed E-state index contributed by atoms with van der Waals surface area (Å²) in [6, 6.07) is -0.148. The highest BCUT2D eigenvalue weighted by atomic mass is 35.5. The van der Waals surface area contributed by atoms with E-state index in [9.17, 15) is 9.90 Å². The van der Waals surface area contributed by atoms with E-state index in [4.69, 9.17) is 10.5 Å². The average molecular weight is 320 g/mol. The zero-order valence-electron chi connectivity index (χ0n) is 13.2. The van der Waals surface area contributed by atoms with Gasteiger partial charge in [0.25, 0.3) is 0 Å². The minimum absolute atomic E-state index is 0. The standard InChI is InChI=1S/C16H29NO3.ClH/c1-3-16(11-6-12-16)14(18)8-5-7-13(17)9-10-15(19)20-4-2;/h5,7,13-14,18H,3-4,6,8-12,17H2,1-2H3;1H/b7-5+;/t13-,14-;/m0./s1. The molecule has 0 aromatic rings. The summed E-state index contributed by atoms with van der Waals surface area (Å²) in [5.74, 6) is -0.198. The number of carbonyl (C=O) groups is 1. The van der Waals surface area contributed by atoms with Gasteiger partial charge in [0.05, 0.1) is 12.7 Å². The maximum absolute atomic E-state index is 11.2. The Labute approximate surface area is 134 Å². The van der Waals surface area contributed by atoms with Gasteiger partial charge in [-0.25, -0.2) is 0 Å². The first kappa shape index (κ1) is 20.4. The van der Waals surface area contributed by atoms with E-state index < -0.39 is 0 Å². The molecule has 1 aliphatic carbocycles. The number of hydrogen-bond acceptors (Lipinski definition) is 4. The van der Waals surface area contributed by atoms with E-state index in [1.807, 2.05) is 12.2 Å². The lowest BCUT2D eigenvalue weighted by Gasteiger charge is -2.45. The third-order valence-electron chi connectivity index (χ3n) is 4.49. The number of aliphatic hydroxyl groups is 1. The zero-order valence-corrected chi connectivity index (χ0v) is 14.0. The van der Waals surface area contributed by atoms with Crippen molar-refractivity contribution in [1.29, 1.82) is 0 Å². The van der Waals surface area contributed by atoms with E-state index in [2.05, 4.69) is 6.92 Å². The topological polar surface area (TPSA) is 72.5 Å². The molecule has 1 rings (SSSR count). The van der Waals surface area contributed by atoms with Crippen molar-refractivity contribution in [1.82, 2.24) is 0 Å². The molecule has 21 heavy (non-hydrogen) atoms. The molecular weight excluding hydrogens is 290 g/mol. The van der Waals surface area contributed by atoms with Crippen molar-refractivity contribution in [3.63, 3.8) is 0 Å². The summed E-state index contributed by atoms with van der Waals surface area (Å²) >= 11 is 0. The summed E-state index contributed by atoms with van der Waals surface area (Å²) < 4.78 is 4.86. The van der Waals surface area contributed by atoms with Gasteiger partial charge in [0.2, 0.25) is 0 Å². The highest BCUT2D eigenvalue weighted by Gasteiger charge is 2.40. The molecule has 5 heteroatoms. The first-order chi connectivity index (χ1) is 9.54. The zero-order chi connectivity index (χ0) is 15.0. The number of rotatable bonds is 9. The maximum atomic E-state index is 11.2. The molecule has 3 N–H and O–H groups in total. The molecule has 0 aliphatic heterocycles. The van der Waals surface area contributed by atoms with Gasteiger partial charge >= 0.3 is 5.97 Å². The number of halogens is 1. The van der Waals surface area contributed by atoms with Gasteiger partial charge < -0.3 is 15.6 Å². The smallest absolute Gasteiger partial charge is 0.305 e. The number of ether oxygens (including phenoxy) is 1. The molecular formula is C16H30ClNO3. The van der Waals surface area contributed by atoms with Gasteiger partial charge in [-0.3, -0.25) is 4.79 Å². The largest absolute Gasteiger partial charge is 0.466 e. The summed E-state index contributed by atoms with van der Waals surface area (Å²) in [5.41, 5.74) is 6.05. The van der Waals surface area contributed by atoms with Crippen LogP contribution in [-0.2, 0) is 9.53 Å². The van der Waals surface area contributed by atoms with Crippen LogP contribution in [0.25, 0.3) is 0 Å². The van der Waals surface area contributed by atoms with E-state index in [1.165, 1.54) is 6.42 Å². The first-order valence-electron chi connectivity index (χ1n) is 7.80. The summed E-state index contributed by atoms with van der Waals surface area (Å²) in [5, 5.41) is 10.3. The molecule has 1 aliphatic rings. The van der Waals surface area contributed by atoms with Gasteiger partial charge in [-0.05, 0) is 44.4 Å². The number of hydrogen-bond donors (Lipinski definition) is 2. The highest BCUT2D eigenvalue weighted by molar-refractivity contribution is 5.85. The Hall–Kier alpha value is -0.580. The van der Waals surface area contributed by atoms with Gasteiger partial charge in [0.1, 0.15) is 0 Å². The van der Waals surface area contributed by atoms with Crippen LogP contribution >= 0.6 is 12.4 Å². The lowest BCUT2D eigenvalue weighted by atomic mass is 9.63. The molecule has 0 bridgehead atoms. The average Bonchev–Trinajstić information content (AvgIpc) is 2.36. The van der Waals surface area contributed by atoms with Crippen LogP contribution in [0.15, 0.2) is 12.2 Å². The summed E-state index contributed by atoms with van der Waals surface area (Å²) in [7, 11) is 0.